The first-order valence-electron chi connectivity index (χ1n) is 8.47. The van der Waals surface area contributed by atoms with Crippen LogP contribution in [0.3, 0.4) is 0 Å². The monoisotopic (exact) mass is 431 g/mol. The van der Waals surface area contributed by atoms with Crippen LogP contribution >= 0.6 is 11.6 Å². The number of anilines is 3. The molecule has 29 heavy (non-hydrogen) atoms. The minimum atomic E-state index is -3.82. The third kappa shape index (κ3) is 5.18. The molecular formula is C20H18ClN3O4S. The molecule has 3 rings (SSSR count). The number of ether oxygens (including phenoxy) is 1. The van der Waals surface area contributed by atoms with Gasteiger partial charge in [0.25, 0.3) is 10.0 Å². The summed E-state index contributed by atoms with van der Waals surface area (Å²) >= 11 is 6.01. The van der Waals surface area contributed by atoms with Crippen LogP contribution in [0.2, 0.25) is 5.02 Å². The Labute approximate surface area is 173 Å². The summed E-state index contributed by atoms with van der Waals surface area (Å²) in [6.45, 7) is 0. The van der Waals surface area contributed by atoms with Gasteiger partial charge in [0.2, 0.25) is 0 Å². The summed E-state index contributed by atoms with van der Waals surface area (Å²) < 4.78 is 32.8. The number of halogens is 1. The summed E-state index contributed by atoms with van der Waals surface area (Å²) in [6.07, 6.45) is 0. The van der Waals surface area contributed by atoms with E-state index in [1.54, 1.807) is 48.5 Å². The van der Waals surface area contributed by atoms with Crippen molar-refractivity contribution in [3.8, 4) is 5.75 Å². The van der Waals surface area contributed by atoms with Gasteiger partial charge in [0, 0.05) is 5.69 Å². The summed E-state index contributed by atoms with van der Waals surface area (Å²) in [5.74, 6) is 0.408. The molecule has 2 amide bonds. The summed E-state index contributed by atoms with van der Waals surface area (Å²) in [5, 5.41) is 5.65. The van der Waals surface area contributed by atoms with Crippen LogP contribution in [0.25, 0.3) is 0 Å². The standard InChI is InChI=1S/C20H18ClN3O4S/c1-28-19-9-5-4-8-18(19)24-29(26,27)15-12-10-14(11-13-15)22-20(25)23-17-7-3-2-6-16(17)21/h2-13,24H,1H3,(H2,22,23,25). The molecule has 3 N–H and O–H groups in total. The van der Waals surface area contributed by atoms with Gasteiger partial charge < -0.3 is 15.4 Å². The molecule has 0 atom stereocenters. The SMILES string of the molecule is COc1ccccc1NS(=O)(=O)c1ccc(NC(=O)Nc2ccccc2Cl)cc1. The molecule has 0 fully saturated rings. The number of hydrogen-bond acceptors (Lipinski definition) is 4. The van der Waals surface area contributed by atoms with Crippen molar-refractivity contribution in [3.05, 3.63) is 77.8 Å². The normalized spacial score (nSPS) is 10.8. The fourth-order valence-corrected chi connectivity index (χ4v) is 3.75. The minimum Gasteiger partial charge on any atom is -0.495 e. The molecule has 9 heteroatoms. The Bertz CT molecular complexity index is 1120. The Balaban J connectivity index is 1.69. The van der Waals surface area contributed by atoms with Gasteiger partial charge in [-0.25, -0.2) is 13.2 Å². The summed E-state index contributed by atoms with van der Waals surface area (Å²) in [6, 6.07) is 18.8. The summed E-state index contributed by atoms with van der Waals surface area (Å²) in [7, 11) is -2.36. The first-order chi connectivity index (χ1) is 13.9. The van der Waals surface area contributed by atoms with Crippen LogP contribution in [0.4, 0.5) is 21.9 Å². The van der Waals surface area contributed by atoms with Crippen molar-refractivity contribution in [3.63, 3.8) is 0 Å². The fraction of sp³-hybridized carbons (Fsp3) is 0.0500. The highest BCUT2D eigenvalue weighted by molar-refractivity contribution is 7.92. The van der Waals surface area contributed by atoms with Crippen molar-refractivity contribution in [2.24, 2.45) is 0 Å². The second-order valence-electron chi connectivity index (χ2n) is 5.89. The van der Waals surface area contributed by atoms with E-state index in [1.807, 2.05) is 0 Å². The third-order valence-corrected chi connectivity index (χ3v) is 5.61. The number of nitrogens with one attached hydrogen (secondary N) is 3. The van der Waals surface area contributed by atoms with Crippen LogP contribution in [0, 0.1) is 0 Å². The minimum absolute atomic E-state index is 0.0421. The van der Waals surface area contributed by atoms with Crippen molar-refractivity contribution in [2.45, 2.75) is 4.90 Å². The van der Waals surface area contributed by atoms with Crippen molar-refractivity contribution in [1.29, 1.82) is 0 Å². The number of hydrogen-bond donors (Lipinski definition) is 3. The highest BCUT2D eigenvalue weighted by Crippen LogP contribution is 2.26. The maximum Gasteiger partial charge on any atom is 0.323 e. The third-order valence-electron chi connectivity index (χ3n) is 3.90. The Hall–Kier alpha value is -3.23. The summed E-state index contributed by atoms with van der Waals surface area (Å²) in [4.78, 5) is 12.1. The number of sulfonamides is 1. The number of benzene rings is 3. The van der Waals surface area contributed by atoms with Crippen LogP contribution in [0.5, 0.6) is 5.75 Å². The predicted octanol–water partition coefficient (Wildman–Crippen LogP) is 4.79. The highest BCUT2D eigenvalue weighted by Gasteiger charge is 2.16. The summed E-state index contributed by atoms with van der Waals surface area (Å²) in [5.41, 5.74) is 1.22. The van der Waals surface area contributed by atoms with E-state index >= 15 is 0 Å². The second-order valence-corrected chi connectivity index (χ2v) is 7.98. The molecule has 0 aliphatic heterocycles. The van der Waals surface area contributed by atoms with E-state index < -0.39 is 16.1 Å². The van der Waals surface area contributed by atoms with Crippen molar-refractivity contribution >= 4 is 44.7 Å². The predicted molar refractivity (Wildman–Crippen MR) is 114 cm³/mol. The lowest BCUT2D eigenvalue weighted by atomic mass is 10.3. The van der Waals surface area contributed by atoms with Gasteiger partial charge in [-0.3, -0.25) is 4.72 Å². The Morgan fingerprint density at radius 1 is 0.862 bits per heavy atom. The Morgan fingerprint density at radius 3 is 2.14 bits per heavy atom. The lowest BCUT2D eigenvalue weighted by Gasteiger charge is -2.12. The van der Waals surface area contributed by atoms with Crippen LogP contribution in [-0.2, 0) is 10.0 Å². The van der Waals surface area contributed by atoms with Gasteiger partial charge in [-0.05, 0) is 48.5 Å². The van der Waals surface area contributed by atoms with Gasteiger partial charge in [0.15, 0.2) is 0 Å². The van der Waals surface area contributed by atoms with E-state index in [0.29, 0.717) is 27.8 Å². The fourth-order valence-electron chi connectivity index (χ4n) is 2.50. The number of carbonyl (C=O) groups excluding carboxylic acids is 1. The van der Waals surface area contributed by atoms with Gasteiger partial charge in [-0.15, -0.1) is 0 Å². The molecule has 0 spiro atoms. The highest BCUT2D eigenvalue weighted by atomic mass is 35.5. The molecule has 0 aliphatic carbocycles. The lowest BCUT2D eigenvalue weighted by Crippen LogP contribution is -2.19. The van der Waals surface area contributed by atoms with E-state index in [0.717, 1.165) is 0 Å². The largest absolute Gasteiger partial charge is 0.495 e. The van der Waals surface area contributed by atoms with E-state index in [2.05, 4.69) is 15.4 Å². The van der Waals surface area contributed by atoms with E-state index in [1.165, 1.54) is 31.4 Å². The maximum atomic E-state index is 12.6. The molecule has 0 aromatic heterocycles. The topological polar surface area (TPSA) is 96.5 Å². The molecule has 3 aromatic carbocycles. The molecule has 150 valence electrons. The van der Waals surface area contributed by atoms with Gasteiger partial charge >= 0.3 is 6.03 Å². The maximum absolute atomic E-state index is 12.6. The second kappa shape index (κ2) is 8.85. The van der Waals surface area contributed by atoms with E-state index in [-0.39, 0.29) is 4.90 Å². The van der Waals surface area contributed by atoms with Crippen LogP contribution in [0.1, 0.15) is 0 Å². The average molecular weight is 432 g/mol. The van der Waals surface area contributed by atoms with Gasteiger partial charge in [0.1, 0.15) is 5.75 Å². The molecule has 0 saturated heterocycles. The zero-order valence-electron chi connectivity index (χ0n) is 15.3. The van der Waals surface area contributed by atoms with Crippen LogP contribution < -0.4 is 20.1 Å². The number of carbonyl (C=O) groups is 1. The van der Waals surface area contributed by atoms with E-state index in [9.17, 15) is 13.2 Å². The Morgan fingerprint density at radius 2 is 1.48 bits per heavy atom. The van der Waals surface area contributed by atoms with Crippen LogP contribution in [-0.4, -0.2) is 21.6 Å². The zero-order valence-corrected chi connectivity index (χ0v) is 16.9. The van der Waals surface area contributed by atoms with Gasteiger partial charge in [0.05, 0.1) is 28.4 Å². The first kappa shape index (κ1) is 20.5. The van der Waals surface area contributed by atoms with Crippen molar-refractivity contribution in [1.82, 2.24) is 0 Å². The van der Waals surface area contributed by atoms with E-state index in [4.69, 9.17) is 16.3 Å². The van der Waals surface area contributed by atoms with Crippen molar-refractivity contribution in [2.75, 3.05) is 22.5 Å². The molecule has 0 unspecified atom stereocenters. The molecule has 0 bridgehead atoms. The number of methoxy groups -OCH3 is 1. The average Bonchev–Trinajstić information content (AvgIpc) is 2.70. The Kier molecular flexibility index (Phi) is 6.26. The first-order valence-corrected chi connectivity index (χ1v) is 10.3. The number of para-hydroxylation sites is 3. The number of rotatable bonds is 6. The quantitative estimate of drug-likeness (QED) is 0.522. The zero-order chi connectivity index (χ0) is 20.9. The smallest absolute Gasteiger partial charge is 0.323 e. The molecule has 0 aliphatic rings. The van der Waals surface area contributed by atoms with Crippen molar-refractivity contribution < 1.29 is 17.9 Å². The number of amides is 2. The van der Waals surface area contributed by atoms with Gasteiger partial charge in [-0.1, -0.05) is 35.9 Å². The molecule has 0 saturated carbocycles. The molecule has 0 heterocycles. The molecular weight excluding hydrogens is 414 g/mol. The lowest BCUT2D eigenvalue weighted by molar-refractivity contribution is 0.262. The molecule has 0 radical (unpaired) electrons. The van der Waals surface area contributed by atoms with Crippen LogP contribution in [0.15, 0.2) is 77.7 Å². The molecule has 7 nitrogen and oxygen atoms in total. The van der Waals surface area contributed by atoms with Gasteiger partial charge in [-0.2, -0.15) is 0 Å². The number of urea groups is 1. The molecule has 3 aromatic rings.